The molecule has 0 aromatic rings. The van der Waals surface area contributed by atoms with Gasteiger partial charge in [0.25, 0.3) is 0 Å². The molecule has 1 atom stereocenters. The Bertz CT molecular complexity index is 1750. The van der Waals surface area contributed by atoms with Gasteiger partial charge >= 0.3 is 17.9 Å². The van der Waals surface area contributed by atoms with Crippen LogP contribution in [0.5, 0.6) is 0 Å². The van der Waals surface area contributed by atoms with E-state index in [9.17, 15) is 14.4 Å². The molecular weight excluding hydrogens is 1020 g/mol. The lowest BCUT2D eigenvalue weighted by Gasteiger charge is -2.18. The largest absolute Gasteiger partial charge is 0.462 e. The molecule has 0 N–H and O–H groups in total. The summed E-state index contributed by atoms with van der Waals surface area (Å²) in [5, 5.41) is 0. The highest BCUT2D eigenvalue weighted by Crippen LogP contribution is 2.15. The maximum atomic E-state index is 12.9. The zero-order chi connectivity index (χ0) is 59.9. The van der Waals surface area contributed by atoms with E-state index in [0.29, 0.717) is 19.3 Å². The molecule has 0 aromatic carbocycles. The number of rotatable bonds is 62. The molecule has 83 heavy (non-hydrogen) atoms. The van der Waals surface area contributed by atoms with Crippen LogP contribution in [0.25, 0.3) is 0 Å². The normalized spacial score (nSPS) is 13.0. The topological polar surface area (TPSA) is 78.9 Å². The predicted octanol–water partition coefficient (Wildman–Crippen LogP) is 24.1. The third kappa shape index (κ3) is 68.2. The molecule has 0 bridgehead atoms. The SMILES string of the molecule is CC/C=C\C/C=C\C/C=C\C/C=C\C/C=C\C/C=C\C/C=C\C/C=C\C/C=C\CCCCCCCCCC(=O)OCC(COC(=O)CCCCCCC/C=C\CCCCCCCC)OC(=O)CCCCCCC/C=C\CCCCCCCC. The Balaban J connectivity index is 4.30. The highest BCUT2D eigenvalue weighted by atomic mass is 16.6. The van der Waals surface area contributed by atoms with E-state index in [1.807, 2.05) is 0 Å². The molecule has 0 radical (unpaired) electrons. The number of esters is 3. The molecule has 0 amide bonds. The molecule has 0 saturated heterocycles. The maximum absolute atomic E-state index is 12.9. The number of carbonyl (C=O) groups excluding carboxylic acids is 3. The second-order valence-corrected chi connectivity index (χ2v) is 22.7. The summed E-state index contributed by atoms with van der Waals surface area (Å²) in [4.78, 5) is 38.4. The maximum Gasteiger partial charge on any atom is 0.306 e. The van der Waals surface area contributed by atoms with E-state index in [1.165, 1.54) is 135 Å². The number of unbranched alkanes of at least 4 members (excludes halogenated alkanes) is 29. The van der Waals surface area contributed by atoms with Crippen molar-refractivity contribution in [3.8, 4) is 0 Å². The summed E-state index contributed by atoms with van der Waals surface area (Å²) in [6, 6.07) is 0. The van der Waals surface area contributed by atoms with Crippen LogP contribution in [0, 0.1) is 0 Å². The number of ether oxygens (including phenoxy) is 3. The van der Waals surface area contributed by atoms with Gasteiger partial charge in [-0.25, -0.2) is 0 Å². The quantitative estimate of drug-likeness (QED) is 0.0261. The molecule has 0 aliphatic heterocycles. The van der Waals surface area contributed by atoms with Crippen molar-refractivity contribution >= 4 is 17.9 Å². The minimum Gasteiger partial charge on any atom is -0.462 e. The van der Waals surface area contributed by atoms with E-state index in [-0.39, 0.29) is 31.1 Å². The van der Waals surface area contributed by atoms with Crippen molar-refractivity contribution in [2.75, 3.05) is 13.2 Å². The molecule has 1 unspecified atom stereocenters. The Morgan fingerprint density at radius 2 is 0.470 bits per heavy atom. The Morgan fingerprint density at radius 3 is 0.747 bits per heavy atom. The van der Waals surface area contributed by atoms with Crippen LogP contribution in [0.15, 0.2) is 134 Å². The average Bonchev–Trinajstić information content (AvgIpc) is 3.49. The molecule has 0 spiro atoms. The van der Waals surface area contributed by atoms with Gasteiger partial charge in [-0.15, -0.1) is 0 Å². The van der Waals surface area contributed by atoms with Crippen molar-refractivity contribution in [3.63, 3.8) is 0 Å². The second kappa shape index (κ2) is 70.0. The molecule has 0 aliphatic carbocycles. The zero-order valence-corrected chi connectivity index (χ0v) is 54.2. The molecule has 0 aliphatic rings. The molecule has 472 valence electrons. The number of allylic oxidation sites excluding steroid dienone is 22. The molecule has 0 heterocycles. The van der Waals surface area contributed by atoms with Crippen molar-refractivity contribution < 1.29 is 28.6 Å². The summed E-state index contributed by atoms with van der Waals surface area (Å²) >= 11 is 0. The number of hydrogen-bond acceptors (Lipinski definition) is 6. The van der Waals surface area contributed by atoms with E-state index in [1.54, 1.807) is 0 Å². The van der Waals surface area contributed by atoms with Crippen LogP contribution in [0.2, 0.25) is 0 Å². The average molecular weight is 1150 g/mol. The van der Waals surface area contributed by atoms with E-state index < -0.39 is 6.10 Å². The monoisotopic (exact) mass is 1150 g/mol. The molecule has 0 saturated carbocycles. The van der Waals surface area contributed by atoms with Crippen LogP contribution < -0.4 is 0 Å². The van der Waals surface area contributed by atoms with Crippen molar-refractivity contribution in [1.82, 2.24) is 0 Å². The minimum atomic E-state index is -0.794. The Hall–Kier alpha value is -4.45. The van der Waals surface area contributed by atoms with E-state index in [0.717, 1.165) is 141 Å². The lowest BCUT2D eigenvalue weighted by atomic mass is 10.1. The van der Waals surface area contributed by atoms with Crippen LogP contribution in [0.4, 0.5) is 0 Å². The van der Waals surface area contributed by atoms with Crippen LogP contribution in [-0.2, 0) is 28.6 Å². The van der Waals surface area contributed by atoms with Crippen molar-refractivity contribution in [2.24, 2.45) is 0 Å². The first-order valence-electron chi connectivity index (χ1n) is 34.7. The van der Waals surface area contributed by atoms with E-state index in [2.05, 4.69) is 154 Å². The van der Waals surface area contributed by atoms with E-state index in [4.69, 9.17) is 14.2 Å². The third-order valence-electron chi connectivity index (χ3n) is 14.6. The van der Waals surface area contributed by atoms with Gasteiger partial charge in [0.2, 0.25) is 0 Å². The summed E-state index contributed by atoms with van der Waals surface area (Å²) in [6.45, 7) is 6.51. The van der Waals surface area contributed by atoms with Crippen LogP contribution in [0.1, 0.15) is 316 Å². The van der Waals surface area contributed by atoms with Gasteiger partial charge in [-0.1, -0.05) is 289 Å². The fraction of sp³-hybridized carbons (Fsp3) is 0.675. The molecule has 0 rings (SSSR count). The minimum absolute atomic E-state index is 0.0900. The van der Waals surface area contributed by atoms with E-state index >= 15 is 0 Å². The van der Waals surface area contributed by atoms with Crippen LogP contribution in [-0.4, -0.2) is 37.2 Å². The first-order chi connectivity index (χ1) is 41.0. The lowest BCUT2D eigenvalue weighted by Crippen LogP contribution is -2.30. The van der Waals surface area contributed by atoms with Gasteiger partial charge < -0.3 is 14.2 Å². The molecule has 0 aromatic heterocycles. The number of hydrogen-bond donors (Lipinski definition) is 0. The highest BCUT2D eigenvalue weighted by molar-refractivity contribution is 5.71. The molecule has 6 nitrogen and oxygen atoms in total. The van der Waals surface area contributed by atoms with Gasteiger partial charge in [0.15, 0.2) is 6.10 Å². The second-order valence-electron chi connectivity index (χ2n) is 22.7. The lowest BCUT2D eigenvalue weighted by molar-refractivity contribution is -0.167. The summed E-state index contributed by atoms with van der Waals surface area (Å²) in [5.74, 6) is -0.911. The Labute approximate surface area is 513 Å². The molecule has 6 heteroatoms. The third-order valence-corrected chi connectivity index (χ3v) is 14.6. The van der Waals surface area contributed by atoms with Gasteiger partial charge in [-0.05, 0) is 141 Å². The van der Waals surface area contributed by atoms with Crippen molar-refractivity contribution in [3.05, 3.63) is 134 Å². The highest BCUT2D eigenvalue weighted by Gasteiger charge is 2.19. The standard InChI is InChI=1S/C77H128O6/c1-4-7-10-13-16-19-22-25-28-29-30-31-32-33-34-35-36-37-38-39-40-41-42-43-44-45-46-47-50-52-55-58-61-64-67-70-76(79)82-73-74(83-77(80)71-68-65-62-59-56-53-49-27-24-21-18-15-12-9-6-3)72-81-75(78)69-66-63-60-57-54-51-48-26-23-20-17-14-11-8-5-2/h7,10,16,19,25-28,30-31,33-34,36-37,39-40,42-43,45-46,48-49,74H,4-6,8-9,11-15,17-18,20-24,29,32,35,38,41,44,47,50-73H2,1-3H3/b10-7-,19-16-,28-25-,31-30-,34-33-,37-36-,40-39-,43-42-,46-45-,48-26-,49-27-. The zero-order valence-electron chi connectivity index (χ0n) is 54.2. The fourth-order valence-electron chi connectivity index (χ4n) is 9.43. The summed E-state index contributed by atoms with van der Waals surface area (Å²) in [7, 11) is 0. The Kier molecular flexibility index (Phi) is 66.3. The van der Waals surface area contributed by atoms with Crippen LogP contribution >= 0.6 is 0 Å². The summed E-state index contributed by atoms with van der Waals surface area (Å²) < 4.78 is 16.9. The first-order valence-corrected chi connectivity index (χ1v) is 34.7. The van der Waals surface area contributed by atoms with Crippen LogP contribution in [0.3, 0.4) is 0 Å². The van der Waals surface area contributed by atoms with Gasteiger partial charge in [-0.2, -0.15) is 0 Å². The Morgan fingerprint density at radius 1 is 0.253 bits per heavy atom. The van der Waals surface area contributed by atoms with Gasteiger partial charge in [0.1, 0.15) is 13.2 Å². The van der Waals surface area contributed by atoms with Crippen molar-refractivity contribution in [2.45, 2.75) is 322 Å². The van der Waals surface area contributed by atoms with Gasteiger partial charge in [-0.3, -0.25) is 14.4 Å². The smallest absolute Gasteiger partial charge is 0.306 e. The van der Waals surface area contributed by atoms with Crippen molar-refractivity contribution in [1.29, 1.82) is 0 Å². The summed E-state index contributed by atoms with van der Waals surface area (Å²) in [5.41, 5.74) is 0. The molecular formula is C77H128O6. The first kappa shape index (κ1) is 78.5. The number of carbonyl (C=O) groups is 3. The van der Waals surface area contributed by atoms with Gasteiger partial charge in [0.05, 0.1) is 0 Å². The summed E-state index contributed by atoms with van der Waals surface area (Å²) in [6.07, 6.45) is 99.0. The molecule has 0 fully saturated rings. The predicted molar refractivity (Wildman–Crippen MR) is 362 cm³/mol. The van der Waals surface area contributed by atoms with Gasteiger partial charge in [0, 0.05) is 19.3 Å². The fourth-order valence-corrected chi connectivity index (χ4v) is 9.43.